The molecule has 2 unspecified atom stereocenters. The largest absolute Gasteiger partial charge is 0.481 e. The second-order valence-electron chi connectivity index (χ2n) is 8.19. The summed E-state index contributed by atoms with van der Waals surface area (Å²) in [5, 5.41) is 14.2. The molecule has 7 heteroatoms. The predicted molar refractivity (Wildman–Crippen MR) is 121 cm³/mol. The number of aliphatic carboxylic acids is 1. The van der Waals surface area contributed by atoms with Crippen molar-refractivity contribution in [2.75, 3.05) is 13.2 Å². The molecule has 3 rings (SSSR count). The second kappa shape index (κ2) is 10.8. The molecule has 0 bridgehead atoms. The third kappa shape index (κ3) is 5.66. The molecule has 2 aromatic carbocycles. The van der Waals surface area contributed by atoms with Crippen molar-refractivity contribution in [1.82, 2.24) is 10.6 Å². The van der Waals surface area contributed by atoms with E-state index in [-0.39, 0.29) is 24.9 Å². The summed E-state index contributed by atoms with van der Waals surface area (Å²) in [7, 11) is 0. The number of rotatable bonds is 10. The Kier molecular flexibility index (Phi) is 7.87. The summed E-state index contributed by atoms with van der Waals surface area (Å²) in [6.45, 7) is 4.13. The Morgan fingerprint density at radius 2 is 1.56 bits per heavy atom. The van der Waals surface area contributed by atoms with Gasteiger partial charge in [0, 0.05) is 24.9 Å². The lowest BCUT2D eigenvalue weighted by atomic mass is 9.98. The maximum absolute atomic E-state index is 12.4. The average molecular weight is 439 g/mol. The van der Waals surface area contributed by atoms with Crippen LogP contribution in [0.4, 0.5) is 4.79 Å². The molecule has 0 saturated heterocycles. The van der Waals surface area contributed by atoms with Crippen molar-refractivity contribution in [3.8, 4) is 11.1 Å². The summed E-state index contributed by atoms with van der Waals surface area (Å²) in [6, 6.07) is 15.9. The van der Waals surface area contributed by atoms with Gasteiger partial charge in [0.25, 0.3) is 0 Å². The quantitative estimate of drug-likeness (QED) is 0.488. The fourth-order valence-corrected chi connectivity index (χ4v) is 3.95. The van der Waals surface area contributed by atoms with Crippen molar-refractivity contribution in [3.63, 3.8) is 0 Å². The number of carbonyl (C=O) groups is 3. The summed E-state index contributed by atoms with van der Waals surface area (Å²) in [5.74, 6) is -1.50. The molecular formula is C25H30N2O5. The van der Waals surface area contributed by atoms with E-state index >= 15 is 0 Å². The van der Waals surface area contributed by atoms with Crippen LogP contribution in [0.15, 0.2) is 48.5 Å². The van der Waals surface area contributed by atoms with E-state index in [1.54, 1.807) is 13.8 Å². The topological polar surface area (TPSA) is 105 Å². The Balaban J connectivity index is 1.47. The third-order valence-corrected chi connectivity index (χ3v) is 5.97. The molecule has 0 saturated carbocycles. The third-order valence-electron chi connectivity index (χ3n) is 5.97. The van der Waals surface area contributed by atoms with Crippen LogP contribution in [0.1, 0.15) is 50.2 Å². The van der Waals surface area contributed by atoms with E-state index in [0.29, 0.717) is 19.4 Å². The van der Waals surface area contributed by atoms with Crippen LogP contribution in [0.2, 0.25) is 0 Å². The lowest BCUT2D eigenvalue weighted by Gasteiger charge is -2.21. The van der Waals surface area contributed by atoms with Gasteiger partial charge in [0.2, 0.25) is 5.91 Å². The van der Waals surface area contributed by atoms with Gasteiger partial charge in [-0.2, -0.15) is 0 Å². The molecular weight excluding hydrogens is 408 g/mol. The maximum atomic E-state index is 12.4. The monoisotopic (exact) mass is 438 g/mol. The van der Waals surface area contributed by atoms with Gasteiger partial charge in [-0.1, -0.05) is 55.5 Å². The minimum atomic E-state index is -0.842. The summed E-state index contributed by atoms with van der Waals surface area (Å²) in [5.41, 5.74) is 4.62. The Morgan fingerprint density at radius 3 is 2.16 bits per heavy atom. The highest BCUT2D eigenvalue weighted by atomic mass is 16.5. The first-order chi connectivity index (χ1) is 15.4. The number of amides is 2. The van der Waals surface area contributed by atoms with E-state index in [0.717, 1.165) is 11.1 Å². The van der Waals surface area contributed by atoms with Crippen LogP contribution < -0.4 is 10.6 Å². The number of hydrogen-bond acceptors (Lipinski definition) is 4. The van der Waals surface area contributed by atoms with Gasteiger partial charge < -0.3 is 20.5 Å². The molecule has 32 heavy (non-hydrogen) atoms. The normalized spacial score (nSPS) is 14.1. The Labute approximate surface area is 188 Å². The van der Waals surface area contributed by atoms with E-state index in [1.165, 1.54) is 11.1 Å². The van der Waals surface area contributed by atoms with Crippen molar-refractivity contribution in [2.24, 2.45) is 5.92 Å². The van der Waals surface area contributed by atoms with Crippen molar-refractivity contribution in [2.45, 2.75) is 45.1 Å². The zero-order valence-electron chi connectivity index (χ0n) is 18.5. The van der Waals surface area contributed by atoms with Gasteiger partial charge in [-0.15, -0.1) is 0 Å². The average Bonchev–Trinajstić information content (AvgIpc) is 3.10. The van der Waals surface area contributed by atoms with Gasteiger partial charge in [0.05, 0.1) is 5.92 Å². The molecule has 1 aliphatic rings. The summed E-state index contributed by atoms with van der Waals surface area (Å²) in [4.78, 5) is 35.2. The van der Waals surface area contributed by atoms with E-state index in [9.17, 15) is 14.4 Å². The highest BCUT2D eigenvalue weighted by molar-refractivity contribution is 5.80. The first-order valence-corrected chi connectivity index (χ1v) is 11.0. The fourth-order valence-electron chi connectivity index (χ4n) is 3.95. The van der Waals surface area contributed by atoms with Gasteiger partial charge >= 0.3 is 12.1 Å². The van der Waals surface area contributed by atoms with Crippen LogP contribution in [0.25, 0.3) is 11.1 Å². The molecule has 0 aromatic heterocycles. The highest BCUT2D eigenvalue weighted by Crippen LogP contribution is 2.44. The number of benzene rings is 2. The lowest BCUT2D eigenvalue weighted by Crippen LogP contribution is -2.44. The lowest BCUT2D eigenvalue weighted by molar-refractivity contribution is -0.137. The maximum Gasteiger partial charge on any atom is 0.407 e. The van der Waals surface area contributed by atoms with Crippen LogP contribution in [0, 0.1) is 5.92 Å². The van der Waals surface area contributed by atoms with E-state index < -0.39 is 24.0 Å². The summed E-state index contributed by atoms with van der Waals surface area (Å²) >= 11 is 0. The number of carboxylic acid groups (broad SMARTS) is 1. The number of carbonyl (C=O) groups excluding carboxylic acids is 2. The van der Waals surface area contributed by atoms with Gasteiger partial charge in [-0.05, 0) is 42.0 Å². The molecule has 3 N–H and O–H groups in total. The van der Waals surface area contributed by atoms with Crippen molar-refractivity contribution in [3.05, 3.63) is 59.7 Å². The van der Waals surface area contributed by atoms with Gasteiger partial charge in [-0.25, -0.2) is 4.79 Å². The molecule has 2 amide bonds. The van der Waals surface area contributed by atoms with Gasteiger partial charge in [0.15, 0.2) is 0 Å². The molecule has 2 atom stereocenters. The molecule has 0 heterocycles. The zero-order valence-corrected chi connectivity index (χ0v) is 18.5. The molecule has 0 spiro atoms. The van der Waals surface area contributed by atoms with Crippen LogP contribution in [0.5, 0.6) is 0 Å². The van der Waals surface area contributed by atoms with Crippen molar-refractivity contribution >= 4 is 18.0 Å². The molecule has 0 fully saturated rings. The van der Waals surface area contributed by atoms with Crippen LogP contribution in [-0.4, -0.2) is 42.3 Å². The molecule has 1 aliphatic carbocycles. The van der Waals surface area contributed by atoms with Gasteiger partial charge in [0.1, 0.15) is 6.61 Å². The number of unbranched alkanes of at least 4 members (excludes halogenated alkanes) is 1. The highest BCUT2D eigenvalue weighted by Gasteiger charge is 2.29. The summed E-state index contributed by atoms with van der Waals surface area (Å²) < 4.78 is 5.54. The number of ether oxygens (including phenoxy) is 1. The number of nitrogens with one attached hydrogen (secondary N) is 2. The van der Waals surface area contributed by atoms with E-state index in [2.05, 4.69) is 34.9 Å². The second-order valence-corrected chi connectivity index (χ2v) is 8.19. The number of alkyl carbamates (subject to hydrolysis) is 1. The minimum Gasteiger partial charge on any atom is -0.481 e. The molecule has 0 aliphatic heterocycles. The molecule has 7 nitrogen and oxygen atoms in total. The van der Waals surface area contributed by atoms with Crippen molar-refractivity contribution in [1.29, 1.82) is 0 Å². The standard InChI is InChI=1S/C25H30N2O5/c1-16(24(30)26-14-8-7-13-23(28)29)17(2)27-25(31)32-15-22-20-11-5-3-9-18(20)19-10-4-6-12-21(19)22/h3-6,9-12,16-17,22H,7-8,13-15H2,1-2H3,(H,26,30)(H,27,31)(H,28,29). The Morgan fingerprint density at radius 1 is 0.969 bits per heavy atom. The number of carboxylic acids is 1. The van der Waals surface area contributed by atoms with Crippen LogP contribution in [0.3, 0.4) is 0 Å². The molecule has 0 radical (unpaired) electrons. The van der Waals surface area contributed by atoms with Crippen molar-refractivity contribution < 1.29 is 24.2 Å². The first kappa shape index (κ1) is 23.3. The number of hydrogen-bond donors (Lipinski definition) is 3. The zero-order chi connectivity index (χ0) is 23.1. The van der Waals surface area contributed by atoms with Crippen LogP contribution in [-0.2, 0) is 14.3 Å². The summed E-state index contributed by atoms with van der Waals surface area (Å²) in [6.07, 6.45) is 0.641. The SMILES string of the molecule is CC(NC(=O)OCC1c2ccccc2-c2ccccc21)C(C)C(=O)NCCCCC(=O)O. The Hall–Kier alpha value is -3.35. The Bertz CT molecular complexity index is 929. The van der Waals surface area contributed by atoms with E-state index in [1.807, 2.05) is 24.3 Å². The molecule has 170 valence electrons. The minimum absolute atomic E-state index is 0.0185. The van der Waals surface area contributed by atoms with Gasteiger partial charge in [-0.3, -0.25) is 9.59 Å². The fraction of sp³-hybridized carbons (Fsp3) is 0.400. The first-order valence-electron chi connectivity index (χ1n) is 11.0. The smallest absolute Gasteiger partial charge is 0.407 e. The van der Waals surface area contributed by atoms with E-state index in [4.69, 9.17) is 9.84 Å². The molecule has 2 aromatic rings. The van der Waals surface area contributed by atoms with Crippen LogP contribution >= 0.6 is 0 Å². The predicted octanol–water partition coefficient (Wildman–Crippen LogP) is 3.92. The number of fused-ring (bicyclic) bond motifs is 3.